The molecule has 0 saturated heterocycles. The molecule has 84 valence electrons. The van der Waals surface area contributed by atoms with E-state index >= 15 is 0 Å². The van der Waals surface area contributed by atoms with Crippen molar-refractivity contribution in [3.8, 4) is 0 Å². The highest BCUT2D eigenvalue weighted by Crippen LogP contribution is 1.99. The summed E-state index contributed by atoms with van der Waals surface area (Å²) >= 11 is 0. The lowest BCUT2D eigenvalue weighted by Gasteiger charge is -1.98. The molecular weight excluding hydrogens is 206 g/mol. The predicted octanol–water partition coefficient (Wildman–Crippen LogP) is 3.51. The smallest absolute Gasteiger partial charge is 0.0138 e. The maximum Gasteiger partial charge on any atom is 0.0138 e. The molecular formula is C13H20ClN. The number of hydrogen-bond acceptors (Lipinski definition) is 1. The molecule has 0 aliphatic heterocycles. The molecule has 0 spiro atoms. The molecule has 0 atom stereocenters. The third kappa shape index (κ3) is 7.18. The van der Waals surface area contributed by atoms with Gasteiger partial charge in [0.1, 0.15) is 0 Å². The first-order valence-electron chi connectivity index (χ1n) is 5.36. The van der Waals surface area contributed by atoms with Gasteiger partial charge in [0.05, 0.1) is 0 Å². The Kier molecular flexibility index (Phi) is 9.24. The van der Waals surface area contributed by atoms with E-state index in [4.69, 9.17) is 0 Å². The quantitative estimate of drug-likeness (QED) is 0.731. The van der Waals surface area contributed by atoms with Crippen LogP contribution in [0.2, 0.25) is 0 Å². The Bertz CT molecular complexity index is 256. The average Bonchev–Trinajstić information content (AvgIpc) is 2.25. The molecule has 2 heteroatoms. The van der Waals surface area contributed by atoms with Gasteiger partial charge in [-0.2, -0.15) is 0 Å². The first-order valence-corrected chi connectivity index (χ1v) is 5.36. The van der Waals surface area contributed by atoms with Gasteiger partial charge in [-0.25, -0.2) is 0 Å². The Hall–Kier alpha value is -0.790. The normalized spacial score (nSPS) is 10.2. The van der Waals surface area contributed by atoms with Gasteiger partial charge in [-0.05, 0) is 18.5 Å². The number of unbranched alkanes of at least 4 members (excludes halogenated alkanes) is 1. The van der Waals surface area contributed by atoms with Crippen LogP contribution in [-0.2, 0) is 0 Å². The largest absolute Gasteiger partial charge is 0.313 e. The van der Waals surface area contributed by atoms with Crippen LogP contribution in [0.3, 0.4) is 0 Å². The van der Waals surface area contributed by atoms with E-state index in [0.29, 0.717) is 0 Å². The van der Waals surface area contributed by atoms with Gasteiger partial charge in [0.25, 0.3) is 0 Å². The van der Waals surface area contributed by atoms with E-state index in [1.54, 1.807) is 0 Å². The number of halogens is 1. The van der Waals surface area contributed by atoms with Crippen LogP contribution in [0, 0.1) is 0 Å². The van der Waals surface area contributed by atoms with Crippen LogP contribution < -0.4 is 5.32 Å². The minimum atomic E-state index is 0. The lowest BCUT2D eigenvalue weighted by atomic mass is 10.2. The van der Waals surface area contributed by atoms with Gasteiger partial charge >= 0.3 is 0 Å². The summed E-state index contributed by atoms with van der Waals surface area (Å²) in [6.45, 7) is 4.30. The van der Waals surface area contributed by atoms with E-state index in [1.165, 1.54) is 18.4 Å². The van der Waals surface area contributed by atoms with Gasteiger partial charge in [0.2, 0.25) is 0 Å². The van der Waals surface area contributed by atoms with Crippen LogP contribution in [0.1, 0.15) is 25.3 Å². The van der Waals surface area contributed by atoms with Crippen LogP contribution in [0.5, 0.6) is 0 Å². The van der Waals surface area contributed by atoms with Crippen molar-refractivity contribution in [2.24, 2.45) is 0 Å². The van der Waals surface area contributed by atoms with Gasteiger partial charge in [-0.3, -0.25) is 0 Å². The number of nitrogens with one attached hydrogen (secondary N) is 1. The third-order valence-electron chi connectivity index (χ3n) is 2.08. The summed E-state index contributed by atoms with van der Waals surface area (Å²) in [6.07, 6.45) is 6.85. The standard InChI is InChI=1S/C13H19N.ClH/c1-2-3-11-14-12-7-10-13-8-5-4-6-9-13;/h4-10,14H,2-3,11-12H2,1H3;1H/b10-7+;. The second kappa shape index (κ2) is 9.75. The van der Waals surface area contributed by atoms with Gasteiger partial charge in [-0.15, -0.1) is 12.4 Å². The minimum Gasteiger partial charge on any atom is -0.313 e. The van der Waals surface area contributed by atoms with Crippen LogP contribution in [-0.4, -0.2) is 13.1 Å². The number of rotatable bonds is 6. The topological polar surface area (TPSA) is 12.0 Å². The molecule has 0 aromatic heterocycles. The first-order chi connectivity index (χ1) is 6.93. The average molecular weight is 226 g/mol. The second-order valence-electron chi connectivity index (χ2n) is 3.37. The maximum absolute atomic E-state index is 3.37. The van der Waals surface area contributed by atoms with E-state index in [0.717, 1.165) is 13.1 Å². The van der Waals surface area contributed by atoms with Crippen molar-refractivity contribution in [2.45, 2.75) is 19.8 Å². The third-order valence-corrected chi connectivity index (χ3v) is 2.08. The monoisotopic (exact) mass is 225 g/mol. The lowest BCUT2D eigenvalue weighted by molar-refractivity contribution is 0.682. The first kappa shape index (κ1) is 14.2. The summed E-state index contributed by atoms with van der Waals surface area (Å²) < 4.78 is 0. The summed E-state index contributed by atoms with van der Waals surface area (Å²) in [6, 6.07) is 10.4. The van der Waals surface area contributed by atoms with E-state index < -0.39 is 0 Å². The minimum absolute atomic E-state index is 0. The molecule has 15 heavy (non-hydrogen) atoms. The molecule has 1 aromatic rings. The molecule has 0 bridgehead atoms. The van der Waals surface area contributed by atoms with Crippen LogP contribution in [0.15, 0.2) is 36.4 Å². The van der Waals surface area contributed by atoms with Gasteiger partial charge < -0.3 is 5.32 Å². The highest BCUT2D eigenvalue weighted by molar-refractivity contribution is 5.85. The fourth-order valence-corrected chi connectivity index (χ4v) is 1.25. The highest BCUT2D eigenvalue weighted by atomic mass is 35.5. The summed E-state index contributed by atoms with van der Waals surface area (Å²) in [5.74, 6) is 0. The van der Waals surface area contributed by atoms with Crippen LogP contribution in [0.25, 0.3) is 6.08 Å². The summed E-state index contributed by atoms with van der Waals surface area (Å²) in [4.78, 5) is 0. The van der Waals surface area contributed by atoms with Crippen molar-refractivity contribution < 1.29 is 0 Å². The van der Waals surface area contributed by atoms with E-state index in [2.05, 4.69) is 48.7 Å². The maximum atomic E-state index is 3.37. The van der Waals surface area contributed by atoms with Crippen molar-refractivity contribution in [1.82, 2.24) is 5.32 Å². The van der Waals surface area contributed by atoms with Crippen LogP contribution >= 0.6 is 12.4 Å². The zero-order valence-electron chi connectivity index (χ0n) is 9.28. The van der Waals surface area contributed by atoms with Crippen molar-refractivity contribution >= 4 is 18.5 Å². The summed E-state index contributed by atoms with van der Waals surface area (Å²) in [5, 5.41) is 3.37. The lowest BCUT2D eigenvalue weighted by Crippen LogP contribution is -2.14. The van der Waals surface area contributed by atoms with Crippen molar-refractivity contribution in [3.63, 3.8) is 0 Å². The fraction of sp³-hybridized carbons (Fsp3) is 0.385. The van der Waals surface area contributed by atoms with Gasteiger partial charge in [0, 0.05) is 6.54 Å². The summed E-state index contributed by atoms with van der Waals surface area (Å²) in [7, 11) is 0. The van der Waals surface area contributed by atoms with E-state index in [-0.39, 0.29) is 12.4 Å². The Morgan fingerprint density at radius 3 is 2.60 bits per heavy atom. The zero-order valence-corrected chi connectivity index (χ0v) is 10.1. The molecule has 0 amide bonds. The molecule has 0 unspecified atom stereocenters. The Balaban J connectivity index is 0.00000196. The van der Waals surface area contributed by atoms with Crippen molar-refractivity contribution in [2.75, 3.05) is 13.1 Å². The van der Waals surface area contributed by atoms with E-state index in [9.17, 15) is 0 Å². The molecule has 0 saturated carbocycles. The predicted molar refractivity (Wildman–Crippen MR) is 70.5 cm³/mol. The molecule has 0 aliphatic carbocycles. The molecule has 1 nitrogen and oxygen atoms in total. The van der Waals surface area contributed by atoms with Gasteiger partial charge in [-0.1, -0.05) is 55.8 Å². The van der Waals surface area contributed by atoms with Gasteiger partial charge in [0.15, 0.2) is 0 Å². The summed E-state index contributed by atoms with van der Waals surface area (Å²) in [5.41, 5.74) is 1.27. The molecule has 0 fully saturated rings. The molecule has 0 aliphatic rings. The Labute approximate surface area is 99.0 Å². The molecule has 1 N–H and O–H groups in total. The molecule has 0 heterocycles. The Morgan fingerprint density at radius 2 is 1.93 bits per heavy atom. The second-order valence-corrected chi connectivity index (χ2v) is 3.37. The zero-order chi connectivity index (χ0) is 10.1. The molecule has 0 radical (unpaired) electrons. The van der Waals surface area contributed by atoms with E-state index in [1.807, 2.05) is 6.07 Å². The highest BCUT2D eigenvalue weighted by Gasteiger charge is 1.83. The number of hydrogen-bond donors (Lipinski definition) is 1. The van der Waals surface area contributed by atoms with Crippen LogP contribution in [0.4, 0.5) is 0 Å². The molecule has 1 aromatic carbocycles. The fourth-order valence-electron chi connectivity index (χ4n) is 1.25. The van der Waals surface area contributed by atoms with Crippen molar-refractivity contribution in [3.05, 3.63) is 42.0 Å². The van der Waals surface area contributed by atoms with Crippen molar-refractivity contribution in [1.29, 1.82) is 0 Å². The Morgan fingerprint density at radius 1 is 1.20 bits per heavy atom. The SMILES string of the molecule is CCCCNC/C=C/c1ccccc1.Cl. The number of benzene rings is 1. The molecule has 1 rings (SSSR count).